The number of nitrogens with two attached hydrogens (primary N) is 1. The Morgan fingerprint density at radius 3 is 1.82 bits per heavy atom. The molecule has 0 saturated carbocycles. The summed E-state index contributed by atoms with van der Waals surface area (Å²) >= 11 is 0. The van der Waals surface area contributed by atoms with Gasteiger partial charge in [0.05, 0.1) is 14.7 Å². The van der Waals surface area contributed by atoms with E-state index in [0.29, 0.717) is 6.07 Å². The van der Waals surface area contributed by atoms with Gasteiger partial charge in [-0.1, -0.05) is 18.2 Å². The summed E-state index contributed by atoms with van der Waals surface area (Å²) in [6.07, 6.45) is 0. The molecule has 0 aromatic heterocycles. The number of hydrogen-bond acceptors (Lipinski definition) is 7. The molecule has 0 heterocycles. The van der Waals surface area contributed by atoms with Crippen LogP contribution in [0.5, 0.6) is 0 Å². The summed E-state index contributed by atoms with van der Waals surface area (Å²) in [5.41, 5.74) is 5.68. The van der Waals surface area contributed by atoms with Crippen molar-refractivity contribution in [2.45, 2.75) is 19.6 Å². The van der Waals surface area contributed by atoms with Gasteiger partial charge in [-0.15, -0.1) is 0 Å². The Morgan fingerprint density at radius 2 is 1.29 bits per heavy atom. The maximum Gasteiger partial charge on any atom is 0.295 e. The summed E-state index contributed by atoms with van der Waals surface area (Å²) in [5, 5.41) is -0.765. The SMILES string of the molecule is Nc1ccc(S(=O)(=O)O)c2cc(S(=O)(=O)O)cc(S(=O)(=O)c3ccccc3)c12. The predicted octanol–water partition coefficient (Wildman–Crippen LogP) is 1.75. The zero-order valence-electron chi connectivity index (χ0n) is 13.8. The Bertz CT molecular complexity index is 1410. The third-order valence-corrected chi connectivity index (χ3v) is 7.50. The van der Waals surface area contributed by atoms with Crippen LogP contribution in [0.2, 0.25) is 0 Å². The van der Waals surface area contributed by atoms with Crippen LogP contribution in [0.3, 0.4) is 0 Å². The number of benzene rings is 3. The van der Waals surface area contributed by atoms with E-state index < -0.39 is 50.1 Å². The predicted molar refractivity (Wildman–Crippen MR) is 99.9 cm³/mol. The monoisotopic (exact) mass is 443 g/mol. The zero-order chi connectivity index (χ0) is 20.9. The highest BCUT2D eigenvalue weighted by Gasteiger charge is 2.28. The molecular formula is C16H13NO8S3. The Balaban J connectivity index is 2.60. The van der Waals surface area contributed by atoms with Crippen molar-refractivity contribution in [3.8, 4) is 0 Å². The summed E-state index contributed by atoms with van der Waals surface area (Å²) < 4.78 is 91.8. The molecule has 148 valence electrons. The molecule has 0 saturated heterocycles. The van der Waals surface area contributed by atoms with E-state index in [2.05, 4.69) is 0 Å². The highest BCUT2D eigenvalue weighted by atomic mass is 32.2. The molecule has 12 heteroatoms. The highest BCUT2D eigenvalue weighted by Crippen LogP contribution is 2.37. The van der Waals surface area contributed by atoms with Gasteiger partial charge in [0.25, 0.3) is 20.2 Å². The van der Waals surface area contributed by atoms with Crippen LogP contribution in [0.1, 0.15) is 0 Å². The van der Waals surface area contributed by atoms with Crippen molar-refractivity contribution < 1.29 is 34.4 Å². The molecular weight excluding hydrogens is 430 g/mol. The number of anilines is 1. The quantitative estimate of drug-likeness (QED) is 0.401. The van der Waals surface area contributed by atoms with E-state index in [4.69, 9.17) is 5.73 Å². The fraction of sp³-hybridized carbons (Fsp3) is 0. The molecule has 0 radical (unpaired) electrons. The van der Waals surface area contributed by atoms with E-state index >= 15 is 0 Å². The van der Waals surface area contributed by atoms with Crippen LogP contribution in [-0.2, 0) is 30.1 Å². The number of sulfone groups is 1. The van der Waals surface area contributed by atoms with Crippen LogP contribution in [0.15, 0.2) is 74.2 Å². The van der Waals surface area contributed by atoms with Gasteiger partial charge in [0.15, 0.2) is 0 Å². The van der Waals surface area contributed by atoms with Crippen molar-refractivity contribution in [1.82, 2.24) is 0 Å². The second-order valence-electron chi connectivity index (χ2n) is 5.76. The molecule has 0 aliphatic heterocycles. The number of nitrogen functional groups attached to an aromatic ring is 1. The molecule has 0 unspecified atom stereocenters. The van der Waals surface area contributed by atoms with Gasteiger partial charge in [-0.2, -0.15) is 16.8 Å². The fourth-order valence-electron chi connectivity index (χ4n) is 2.73. The van der Waals surface area contributed by atoms with E-state index in [-0.39, 0.29) is 16.0 Å². The first-order valence-electron chi connectivity index (χ1n) is 7.45. The smallest absolute Gasteiger partial charge is 0.295 e. The molecule has 9 nitrogen and oxygen atoms in total. The summed E-state index contributed by atoms with van der Waals surface area (Å²) in [4.78, 5) is -2.47. The number of fused-ring (bicyclic) bond motifs is 1. The van der Waals surface area contributed by atoms with Gasteiger partial charge >= 0.3 is 0 Å². The third kappa shape index (κ3) is 3.47. The third-order valence-electron chi connectivity index (χ3n) is 3.96. The van der Waals surface area contributed by atoms with Crippen molar-refractivity contribution in [1.29, 1.82) is 0 Å². The van der Waals surface area contributed by atoms with E-state index in [1.165, 1.54) is 24.3 Å². The van der Waals surface area contributed by atoms with Crippen LogP contribution < -0.4 is 5.73 Å². The standard InChI is InChI=1S/C16H13NO8S3/c17-13-6-7-14(28(23,24)25)12-8-11(27(20,21)22)9-15(16(12)13)26(18,19)10-4-2-1-3-5-10/h1-9H,17H2,(H,20,21,22)(H,23,24,25). The van der Waals surface area contributed by atoms with Gasteiger partial charge in [-0.05, 0) is 36.4 Å². The van der Waals surface area contributed by atoms with Gasteiger partial charge in [0.1, 0.15) is 4.90 Å². The van der Waals surface area contributed by atoms with Gasteiger partial charge in [0.2, 0.25) is 9.84 Å². The zero-order valence-corrected chi connectivity index (χ0v) is 16.3. The molecule has 4 N–H and O–H groups in total. The van der Waals surface area contributed by atoms with Crippen LogP contribution in [0, 0.1) is 0 Å². The van der Waals surface area contributed by atoms with E-state index in [9.17, 15) is 34.4 Å². The van der Waals surface area contributed by atoms with Crippen LogP contribution in [0.4, 0.5) is 5.69 Å². The first-order valence-corrected chi connectivity index (χ1v) is 11.8. The molecule has 28 heavy (non-hydrogen) atoms. The topological polar surface area (TPSA) is 169 Å². The van der Waals surface area contributed by atoms with E-state index in [1.807, 2.05) is 0 Å². The molecule has 0 amide bonds. The van der Waals surface area contributed by atoms with Crippen LogP contribution in [0.25, 0.3) is 10.8 Å². The Hall–Kier alpha value is -2.51. The molecule has 3 aromatic carbocycles. The van der Waals surface area contributed by atoms with Crippen molar-refractivity contribution in [3.05, 3.63) is 54.6 Å². The van der Waals surface area contributed by atoms with Gasteiger partial charge < -0.3 is 5.73 Å². The van der Waals surface area contributed by atoms with Crippen molar-refractivity contribution in [2.24, 2.45) is 0 Å². The summed E-state index contributed by atoms with van der Waals surface area (Å²) in [6.45, 7) is 0. The summed E-state index contributed by atoms with van der Waals surface area (Å²) in [6, 6.07) is 10.3. The molecule has 3 rings (SSSR count). The maximum absolute atomic E-state index is 13.1. The molecule has 0 aliphatic carbocycles. The Labute approximate surface area is 160 Å². The second-order valence-corrected chi connectivity index (χ2v) is 10.5. The number of hydrogen-bond donors (Lipinski definition) is 3. The average molecular weight is 443 g/mol. The first-order chi connectivity index (χ1) is 12.8. The minimum atomic E-state index is -4.92. The molecule has 0 aliphatic rings. The molecule has 0 spiro atoms. The van der Waals surface area contributed by atoms with Crippen LogP contribution >= 0.6 is 0 Å². The minimum Gasteiger partial charge on any atom is -0.398 e. The van der Waals surface area contributed by atoms with Crippen molar-refractivity contribution >= 4 is 46.5 Å². The second kappa shape index (κ2) is 6.53. The Morgan fingerprint density at radius 1 is 0.679 bits per heavy atom. The fourth-order valence-corrected chi connectivity index (χ4v) is 5.57. The Kier molecular flexibility index (Phi) is 4.72. The highest BCUT2D eigenvalue weighted by molar-refractivity contribution is 7.92. The van der Waals surface area contributed by atoms with Gasteiger partial charge in [-0.3, -0.25) is 9.11 Å². The lowest BCUT2D eigenvalue weighted by Crippen LogP contribution is -2.09. The lowest BCUT2D eigenvalue weighted by atomic mass is 10.1. The maximum atomic E-state index is 13.1. The largest absolute Gasteiger partial charge is 0.398 e. The van der Waals surface area contributed by atoms with Crippen LogP contribution in [-0.4, -0.2) is 34.4 Å². The first kappa shape index (κ1) is 20.2. The van der Waals surface area contributed by atoms with Gasteiger partial charge in [-0.25, -0.2) is 8.42 Å². The molecule has 0 fully saturated rings. The average Bonchev–Trinajstić information content (AvgIpc) is 2.60. The lowest BCUT2D eigenvalue weighted by Gasteiger charge is -2.14. The van der Waals surface area contributed by atoms with Crippen molar-refractivity contribution in [2.75, 3.05) is 5.73 Å². The molecule has 0 atom stereocenters. The lowest BCUT2D eigenvalue weighted by molar-refractivity contribution is 0.480. The van der Waals surface area contributed by atoms with Crippen molar-refractivity contribution in [3.63, 3.8) is 0 Å². The van der Waals surface area contributed by atoms with E-state index in [0.717, 1.165) is 18.2 Å². The number of rotatable bonds is 4. The summed E-state index contributed by atoms with van der Waals surface area (Å²) in [5.74, 6) is 0. The summed E-state index contributed by atoms with van der Waals surface area (Å²) in [7, 11) is -14.1. The minimum absolute atomic E-state index is 0.168. The van der Waals surface area contributed by atoms with Gasteiger partial charge in [0, 0.05) is 16.5 Å². The molecule has 3 aromatic rings. The van der Waals surface area contributed by atoms with E-state index in [1.54, 1.807) is 6.07 Å². The molecule has 0 bridgehead atoms. The normalized spacial score (nSPS) is 12.9.